The predicted molar refractivity (Wildman–Crippen MR) is 234 cm³/mol. The lowest BCUT2D eigenvalue weighted by Gasteiger charge is -2.19. The Morgan fingerprint density at radius 2 is 0.839 bits per heavy atom. The minimum Gasteiger partial charge on any atom is -0.308 e. The van der Waals surface area contributed by atoms with E-state index < -0.39 is 0 Å². The zero-order valence-electron chi connectivity index (χ0n) is 30.2. The molecule has 5 heteroatoms. The third kappa shape index (κ3) is 5.40. The molecule has 0 aliphatic carbocycles. The molecular formula is C51H32N4S. The monoisotopic (exact) mass is 732 g/mol. The van der Waals surface area contributed by atoms with Gasteiger partial charge in [-0.25, -0.2) is 15.0 Å². The number of benzene rings is 8. The number of thiophene rings is 1. The summed E-state index contributed by atoms with van der Waals surface area (Å²) in [5.41, 5.74) is 10.6. The Labute approximate surface area is 327 Å². The van der Waals surface area contributed by atoms with Crippen LogP contribution in [-0.2, 0) is 0 Å². The van der Waals surface area contributed by atoms with Gasteiger partial charge >= 0.3 is 0 Å². The summed E-state index contributed by atoms with van der Waals surface area (Å²) in [5, 5.41) is 4.98. The minimum atomic E-state index is 0.615. The summed E-state index contributed by atoms with van der Waals surface area (Å²) in [5.74, 6) is 1.88. The largest absolute Gasteiger partial charge is 0.308 e. The van der Waals surface area contributed by atoms with Crippen LogP contribution in [0.5, 0.6) is 0 Å². The van der Waals surface area contributed by atoms with E-state index in [1.807, 2.05) is 47.7 Å². The van der Waals surface area contributed by atoms with E-state index in [-0.39, 0.29) is 0 Å². The van der Waals surface area contributed by atoms with Crippen molar-refractivity contribution in [3.8, 4) is 62.1 Å². The molecule has 0 saturated heterocycles. The Kier molecular flexibility index (Phi) is 7.64. The van der Waals surface area contributed by atoms with Crippen LogP contribution in [0, 0.1) is 0 Å². The molecule has 3 aromatic heterocycles. The van der Waals surface area contributed by atoms with Crippen molar-refractivity contribution in [1.29, 1.82) is 0 Å². The first-order valence-electron chi connectivity index (χ1n) is 18.8. The fourth-order valence-corrected chi connectivity index (χ4v) is 9.13. The van der Waals surface area contributed by atoms with Crippen molar-refractivity contribution in [1.82, 2.24) is 19.5 Å². The second-order valence-corrected chi connectivity index (χ2v) is 15.1. The maximum absolute atomic E-state index is 5.23. The van der Waals surface area contributed by atoms with Crippen LogP contribution >= 0.6 is 11.3 Å². The van der Waals surface area contributed by atoms with Crippen LogP contribution in [0.1, 0.15) is 0 Å². The van der Waals surface area contributed by atoms with Crippen LogP contribution < -0.4 is 0 Å². The van der Waals surface area contributed by atoms with E-state index in [0.717, 1.165) is 44.5 Å². The molecule has 56 heavy (non-hydrogen) atoms. The molecule has 0 fully saturated rings. The molecule has 11 aromatic rings. The second-order valence-electron chi connectivity index (χ2n) is 14.0. The molecule has 3 heterocycles. The summed E-state index contributed by atoms with van der Waals surface area (Å²) in [6.45, 7) is 0. The van der Waals surface area contributed by atoms with Gasteiger partial charge in [0.25, 0.3) is 0 Å². The number of hydrogen-bond acceptors (Lipinski definition) is 4. The summed E-state index contributed by atoms with van der Waals surface area (Å²) in [6, 6.07) is 68.6. The molecule has 4 nitrogen and oxygen atoms in total. The standard InChI is InChI=1S/C51H32N4S/c1-4-15-33(16-5-1)38-23-14-24-41(51-53-49(34-17-6-2-7-18-34)52-50(54-51)35-19-8-3-9-20-35)48(38)55-44-25-12-10-21-39(44)42-31-36(27-29-45(42)55)37-28-30-47-43(32-37)40-22-11-13-26-46(40)56-47/h1-32H. The van der Waals surface area contributed by atoms with Crippen LogP contribution in [0.2, 0.25) is 0 Å². The highest BCUT2D eigenvalue weighted by atomic mass is 32.1. The van der Waals surface area contributed by atoms with Crippen molar-refractivity contribution >= 4 is 53.3 Å². The van der Waals surface area contributed by atoms with Crippen molar-refractivity contribution in [3.63, 3.8) is 0 Å². The maximum atomic E-state index is 5.23. The van der Waals surface area contributed by atoms with Crippen LogP contribution in [0.3, 0.4) is 0 Å². The van der Waals surface area contributed by atoms with E-state index in [2.05, 4.69) is 162 Å². The van der Waals surface area contributed by atoms with Gasteiger partial charge in [0, 0.05) is 53.2 Å². The molecule has 262 valence electrons. The summed E-state index contributed by atoms with van der Waals surface area (Å²) in [7, 11) is 0. The van der Waals surface area contributed by atoms with Gasteiger partial charge in [0.2, 0.25) is 0 Å². The third-order valence-electron chi connectivity index (χ3n) is 10.7. The van der Waals surface area contributed by atoms with Crippen LogP contribution in [0.4, 0.5) is 0 Å². The van der Waals surface area contributed by atoms with E-state index in [1.165, 1.54) is 42.1 Å². The van der Waals surface area contributed by atoms with Crippen LogP contribution in [0.25, 0.3) is 104 Å². The summed E-state index contributed by atoms with van der Waals surface area (Å²) in [6.07, 6.45) is 0. The van der Waals surface area contributed by atoms with E-state index in [0.29, 0.717) is 17.5 Å². The molecule has 0 radical (unpaired) electrons. The predicted octanol–water partition coefficient (Wildman–Crippen LogP) is 13.7. The third-order valence-corrected chi connectivity index (χ3v) is 11.8. The zero-order valence-corrected chi connectivity index (χ0v) is 31.0. The average Bonchev–Trinajstić information content (AvgIpc) is 3.82. The van der Waals surface area contributed by atoms with Crippen molar-refractivity contribution in [2.24, 2.45) is 0 Å². The number of fused-ring (bicyclic) bond motifs is 6. The molecular weight excluding hydrogens is 701 g/mol. The molecule has 0 atom stereocenters. The fraction of sp³-hybridized carbons (Fsp3) is 0. The van der Waals surface area contributed by atoms with Gasteiger partial charge in [-0.05, 0) is 59.2 Å². The fourth-order valence-electron chi connectivity index (χ4n) is 8.04. The molecule has 0 unspecified atom stereocenters. The first-order chi connectivity index (χ1) is 27.8. The van der Waals surface area contributed by atoms with E-state index in [9.17, 15) is 0 Å². The molecule has 8 aromatic carbocycles. The normalized spacial score (nSPS) is 11.6. The van der Waals surface area contributed by atoms with Gasteiger partial charge in [-0.2, -0.15) is 0 Å². The Hall–Kier alpha value is -7.21. The highest BCUT2D eigenvalue weighted by Gasteiger charge is 2.23. The topological polar surface area (TPSA) is 43.6 Å². The van der Waals surface area contributed by atoms with Gasteiger partial charge in [-0.15, -0.1) is 11.3 Å². The van der Waals surface area contributed by atoms with Gasteiger partial charge in [0.05, 0.1) is 16.7 Å². The highest BCUT2D eigenvalue weighted by molar-refractivity contribution is 7.25. The highest BCUT2D eigenvalue weighted by Crippen LogP contribution is 2.43. The van der Waals surface area contributed by atoms with Crippen LogP contribution in [0.15, 0.2) is 194 Å². The van der Waals surface area contributed by atoms with E-state index in [4.69, 9.17) is 15.0 Å². The molecule has 0 aliphatic heterocycles. The molecule has 0 spiro atoms. The van der Waals surface area contributed by atoms with Crippen molar-refractivity contribution in [2.45, 2.75) is 0 Å². The molecule has 0 saturated carbocycles. The number of rotatable bonds is 6. The van der Waals surface area contributed by atoms with Gasteiger partial charge in [-0.1, -0.05) is 152 Å². The van der Waals surface area contributed by atoms with Crippen molar-refractivity contribution in [2.75, 3.05) is 0 Å². The first kappa shape index (κ1) is 32.2. The van der Waals surface area contributed by atoms with E-state index >= 15 is 0 Å². The molecule has 0 amide bonds. The summed E-state index contributed by atoms with van der Waals surface area (Å²) in [4.78, 5) is 15.5. The Morgan fingerprint density at radius 1 is 0.321 bits per heavy atom. The summed E-state index contributed by atoms with van der Waals surface area (Å²) < 4.78 is 5.04. The molecule has 0 aliphatic rings. The second kappa shape index (κ2) is 13.3. The summed E-state index contributed by atoms with van der Waals surface area (Å²) >= 11 is 1.85. The Bertz CT molecular complexity index is 3180. The minimum absolute atomic E-state index is 0.615. The zero-order chi connectivity index (χ0) is 37.0. The maximum Gasteiger partial charge on any atom is 0.166 e. The Balaban J connectivity index is 1.18. The average molecular weight is 733 g/mol. The quantitative estimate of drug-likeness (QED) is 0.171. The lowest BCUT2D eigenvalue weighted by atomic mass is 9.98. The van der Waals surface area contributed by atoms with E-state index in [1.54, 1.807) is 0 Å². The number of nitrogens with zero attached hydrogens (tertiary/aromatic N) is 4. The molecule has 0 bridgehead atoms. The van der Waals surface area contributed by atoms with Crippen LogP contribution in [-0.4, -0.2) is 19.5 Å². The molecule has 0 N–H and O–H groups in total. The lowest BCUT2D eigenvalue weighted by Crippen LogP contribution is -2.05. The van der Waals surface area contributed by atoms with Gasteiger partial charge in [0.1, 0.15) is 0 Å². The van der Waals surface area contributed by atoms with Gasteiger partial charge in [-0.3, -0.25) is 0 Å². The SMILES string of the molecule is c1ccc(-c2nc(-c3ccccc3)nc(-c3cccc(-c4ccccc4)c3-n3c4ccccc4c4cc(-c5ccc6sc7ccccc7c6c5)ccc43)n2)cc1. The smallest absolute Gasteiger partial charge is 0.166 e. The van der Waals surface area contributed by atoms with Gasteiger partial charge in [0.15, 0.2) is 17.5 Å². The number of hydrogen-bond donors (Lipinski definition) is 0. The first-order valence-corrected chi connectivity index (χ1v) is 19.6. The number of aromatic nitrogens is 4. The van der Waals surface area contributed by atoms with Crippen molar-refractivity contribution in [3.05, 3.63) is 194 Å². The molecule has 11 rings (SSSR count). The Morgan fingerprint density at radius 3 is 1.55 bits per heavy atom. The van der Waals surface area contributed by atoms with Gasteiger partial charge < -0.3 is 4.57 Å². The van der Waals surface area contributed by atoms with Crippen molar-refractivity contribution < 1.29 is 0 Å². The number of para-hydroxylation sites is 2. The lowest BCUT2D eigenvalue weighted by molar-refractivity contribution is 1.06.